The Bertz CT molecular complexity index is 1010. The van der Waals surface area contributed by atoms with Crippen LogP contribution in [0.3, 0.4) is 0 Å². The van der Waals surface area contributed by atoms with Gasteiger partial charge >= 0.3 is 0 Å². The SMILES string of the molecule is CC(C)n1cnc2c(Nc3cc(Br)cc(C#N)c3)nc(NCCCCO)nc21. The van der Waals surface area contributed by atoms with Gasteiger partial charge in [-0.3, -0.25) is 0 Å². The highest BCUT2D eigenvalue weighted by atomic mass is 79.9. The number of nitrogens with zero attached hydrogens (tertiary/aromatic N) is 5. The number of hydrogen-bond donors (Lipinski definition) is 3. The monoisotopic (exact) mass is 443 g/mol. The van der Waals surface area contributed by atoms with Crippen molar-refractivity contribution in [2.75, 3.05) is 23.8 Å². The second-order valence-corrected chi connectivity index (χ2v) is 7.55. The van der Waals surface area contributed by atoms with Gasteiger partial charge in [-0.25, -0.2) is 4.98 Å². The number of imidazole rings is 1. The van der Waals surface area contributed by atoms with E-state index >= 15 is 0 Å². The molecule has 0 fully saturated rings. The molecule has 0 unspecified atom stereocenters. The minimum Gasteiger partial charge on any atom is -0.396 e. The van der Waals surface area contributed by atoms with E-state index in [9.17, 15) is 5.26 Å². The van der Waals surface area contributed by atoms with Gasteiger partial charge in [-0.15, -0.1) is 0 Å². The van der Waals surface area contributed by atoms with Crippen molar-refractivity contribution in [3.8, 4) is 6.07 Å². The Balaban J connectivity index is 1.99. The number of aromatic nitrogens is 4. The van der Waals surface area contributed by atoms with Gasteiger partial charge in [-0.2, -0.15) is 15.2 Å². The predicted octanol–water partition coefficient (Wildman–Crippen LogP) is 3.97. The first-order chi connectivity index (χ1) is 13.5. The van der Waals surface area contributed by atoms with Gasteiger partial charge < -0.3 is 20.3 Å². The van der Waals surface area contributed by atoms with Crippen molar-refractivity contribution < 1.29 is 5.11 Å². The molecule has 9 heteroatoms. The van der Waals surface area contributed by atoms with Gasteiger partial charge in [0.15, 0.2) is 17.0 Å². The number of unbranched alkanes of at least 4 members (excludes halogenated alkanes) is 1. The Morgan fingerprint density at radius 2 is 2.07 bits per heavy atom. The van der Waals surface area contributed by atoms with Crippen LogP contribution in [0.5, 0.6) is 0 Å². The molecule has 2 heterocycles. The third-order valence-corrected chi connectivity index (χ3v) is 4.59. The van der Waals surface area contributed by atoms with E-state index < -0.39 is 0 Å². The molecule has 3 N–H and O–H groups in total. The number of fused-ring (bicyclic) bond motifs is 1. The van der Waals surface area contributed by atoms with E-state index in [4.69, 9.17) is 5.11 Å². The first kappa shape index (κ1) is 20.0. The molecule has 0 amide bonds. The predicted molar refractivity (Wildman–Crippen MR) is 113 cm³/mol. The number of hydrogen-bond acceptors (Lipinski definition) is 7. The number of aliphatic hydroxyl groups excluding tert-OH is 1. The lowest BCUT2D eigenvalue weighted by molar-refractivity contribution is 0.286. The molecule has 1 aromatic carbocycles. The van der Waals surface area contributed by atoms with Crippen molar-refractivity contribution in [1.82, 2.24) is 19.5 Å². The zero-order valence-corrected chi connectivity index (χ0v) is 17.4. The number of halogens is 1. The zero-order chi connectivity index (χ0) is 20.1. The van der Waals surface area contributed by atoms with Crippen molar-refractivity contribution >= 4 is 44.5 Å². The van der Waals surface area contributed by atoms with Crippen LogP contribution in [0.15, 0.2) is 29.0 Å². The molecule has 0 atom stereocenters. The molecule has 0 aliphatic heterocycles. The van der Waals surface area contributed by atoms with Crippen molar-refractivity contribution in [3.63, 3.8) is 0 Å². The van der Waals surface area contributed by atoms with Crippen LogP contribution in [0, 0.1) is 11.3 Å². The second-order valence-electron chi connectivity index (χ2n) is 6.64. The van der Waals surface area contributed by atoms with Gasteiger partial charge in [-0.1, -0.05) is 15.9 Å². The van der Waals surface area contributed by atoms with E-state index in [2.05, 4.69) is 61.4 Å². The van der Waals surface area contributed by atoms with Gasteiger partial charge in [0.1, 0.15) is 0 Å². The fourth-order valence-electron chi connectivity index (χ4n) is 2.76. The second kappa shape index (κ2) is 8.99. The van der Waals surface area contributed by atoms with E-state index in [-0.39, 0.29) is 12.6 Å². The van der Waals surface area contributed by atoms with Gasteiger partial charge in [-0.05, 0) is 44.9 Å². The minimum absolute atomic E-state index is 0.165. The third-order valence-electron chi connectivity index (χ3n) is 4.14. The number of nitriles is 1. The highest BCUT2D eigenvalue weighted by molar-refractivity contribution is 9.10. The minimum atomic E-state index is 0.165. The molecular weight excluding hydrogens is 422 g/mol. The van der Waals surface area contributed by atoms with Crippen LogP contribution in [0.25, 0.3) is 11.2 Å². The molecule has 28 heavy (non-hydrogen) atoms. The lowest BCUT2D eigenvalue weighted by atomic mass is 10.2. The van der Waals surface area contributed by atoms with E-state index in [1.807, 2.05) is 10.6 Å². The highest BCUT2D eigenvalue weighted by Gasteiger charge is 2.15. The average Bonchev–Trinajstić information content (AvgIpc) is 3.09. The third kappa shape index (κ3) is 4.58. The van der Waals surface area contributed by atoms with E-state index in [0.29, 0.717) is 29.4 Å². The molecule has 0 saturated heterocycles. The summed E-state index contributed by atoms with van der Waals surface area (Å²) in [6, 6.07) is 7.73. The lowest BCUT2D eigenvalue weighted by Crippen LogP contribution is -2.09. The van der Waals surface area contributed by atoms with Crippen LogP contribution in [0.4, 0.5) is 17.5 Å². The number of benzene rings is 1. The molecule has 0 aliphatic carbocycles. The molecule has 3 rings (SSSR count). The lowest BCUT2D eigenvalue weighted by Gasteiger charge is -2.12. The average molecular weight is 444 g/mol. The molecule has 0 radical (unpaired) electrons. The normalized spacial score (nSPS) is 11.0. The Labute approximate surface area is 171 Å². The fraction of sp³-hybridized carbons (Fsp3) is 0.368. The zero-order valence-electron chi connectivity index (χ0n) is 15.8. The van der Waals surface area contributed by atoms with Crippen molar-refractivity contribution in [2.24, 2.45) is 0 Å². The smallest absolute Gasteiger partial charge is 0.226 e. The summed E-state index contributed by atoms with van der Waals surface area (Å²) in [4.78, 5) is 13.7. The summed E-state index contributed by atoms with van der Waals surface area (Å²) in [5, 5.41) is 24.6. The largest absolute Gasteiger partial charge is 0.396 e. The summed E-state index contributed by atoms with van der Waals surface area (Å²) in [6.07, 6.45) is 3.30. The van der Waals surface area contributed by atoms with Gasteiger partial charge in [0.05, 0.1) is 18.0 Å². The number of anilines is 3. The summed E-state index contributed by atoms with van der Waals surface area (Å²) >= 11 is 3.43. The molecule has 3 aromatic rings. The molecular formula is C19H22BrN7O. The standard InChI is InChI=1S/C19H22BrN7O/c1-12(2)27-11-23-16-17(24-15-8-13(10-21)7-14(20)9-15)25-19(26-18(16)27)22-5-3-4-6-28/h7-9,11-12,28H,3-6H2,1-2H3,(H2,22,24,25,26). The summed E-state index contributed by atoms with van der Waals surface area (Å²) in [6.45, 7) is 4.96. The van der Waals surface area contributed by atoms with Crippen LogP contribution in [-0.4, -0.2) is 37.8 Å². The van der Waals surface area contributed by atoms with E-state index in [1.54, 1.807) is 18.5 Å². The molecule has 0 bridgehead atoms. The van der Waals surface area contributed by atoms with Crippen LogP contribution in [0.2, 0.25) is 0 Å². The molecule has 0 saturated carbocycles. The number of rotatable bonds is 8. The number of aliphatic hydroxyl groups is 1. The highest BCUT2D eigenvalue weighted by Crippen LogP contribution is 2.28. The van der Waals surface area contributed by atoms with Crippen LogP contribution >= 0.6 is 15.9 Å². The van der Waals surface area contributed by atoms with Crippen LogP contribution in [0.1, 0.15) is 38.3 Å². The maximum absolute atomic E-state index is 9.21. The van der Waals surface area contributed by atoms with Crippen molar-refractivity contribution in [3.05, 3.63) is 34.6 Å². The van der Waals surface area contributed by atoms with Crippen molar-refractivity contribution in [2.45, 2.75) is 32.7 Å². The quantitative estimate of drug-likeness (QED) is 0.451. The Morgan fingerprint density at radius 3 is 2.79 bits per heavy atom. The summed E-state index contributed by atoms with van der Waals surface area (Å²) in [5.41, 5.74) is 2.66. The molecule has 0 aliphatic rings. The molecule has 146 valence electrons. The van der Waals surface area contributed by atoms with Crippen molar-refractivity contribution in [1.29, 1.82) is 5.26 Å². The van der Waals surface area contributed by atoms with Gasteiger partial charge in [0.2, 0.25) is 5.95 Å². The fourth-order valence-corrected chi connectivity index (χ4v) is 3.25. The Kier molecular flexibility index (Phi) is 6.44. The first-order valence-electron chi connectivity index (χ1n) is 9.09. The van der Waals surface area contributed by atoms with Gasteiger partial charge in [0, 0.05) is 29.4 Å². The maximum atomic E-state index is 9.21. The molecule has 0 spiro atoms. The van der Waals surface area contributed by atoms with Gasteiger partial charge in [0.25, 0.3) is 0 Å². The maximum Gasteiger partial charge on any atom is 0.226 e. The summed E-state index contributed by atoms with van der Waals surface area (Å²) in [5.74, 6) is 1.06. The molecule has 2 aromatic heterocycles. The van der Waals surface area contributed by atoms with E-state index in [0.717, 1.165) is 28.6 Å². The molecule has 8 nitrogen and oxygen atoms in total. The summed E-state index contributed by atoms with van der Waals surface area (Å²) in [7, 11) is 0. The number of nitrogens with one attached hydrogen (secondary N) is 2. The Morgan fingerprint density at radius 1 is 1.25 bits per heavy atom. The first-order valence-corrected chi connectivity index (χ1v) is 9.88. The van der Waals surface area contributed by atoms with Crippen LogP contribution < -0.4 is 10.6 Å². The summed E-state index contributed by atoms with van der Waals surface area (Å²) < 4.78 is 2.79. The van der Waals surface area contributed by atoms with E-state index in [1.165, 1.54) is 0 Å². The van der Waals surface area contributed by atoms with Crippen LogP contribution in [-0.2, 0) is 0 Å². The Hall–Kier alpha value is -2.70. The topological polar surface area (TPSA) is 112 Å².